The standard InChI is InChI=1S/C24H32N6O4S/c1-3-30-21(31)20(35-22(30)19(15-25)23(32)34-4-2)16-27-17-7-9-18(10-8-17)28-24(33)26-11-14-29-12-5-6-13-29/h7-10,20,27H,3-6,11-14,16H2,1-2H3,(H2,26,28,33)/b22-19-. The smallest absolute Gasteiger partial charge is 0.351 e. The first-order chi connectivity index (χ1) is 17.0. The van der Waals surface area contributed by atoms with Gasteiger partial charge in [0.05, 0.1) is 6.61 Å². The summed E-state index contributed by atoms with van der Waals surface area (Å²) in [6.45, 7) is 7.93. The average Bonchev–Trinajstić information content (AvgIpc) is 3.47. The molecule has 0 bridgehead atoms. The maximum Gasteiger partial charge on any atom is 0.351 e. The molecule has 35 heavy (non-hydrogen) atoms. The quantitative estimate of drug-likeness (QED) is 0.254. The highest BCUT2D eigenvalue weighted by Crippen LogP contribution is 2.37. The second-order valence-electron chi connectivity index (χ2n) is 8.09. The van der Waals surface area contributed by atoms with Crippen LogP contribution in [-0.2, 0) is 14.3 Å². The molecule has 1 unspecified atom stereocenters. The zero-order chi connectivity index (χ0) is 25.2. The Bertz CT molecular complexity index is 985. The third-order valence-electron chi connectivity index (χ3n) is 5.71. The Kier molecular flexibility index (Phi) is 9.81. The summed E-state index contributed by atoms with van der Waals surface area (Å²) < 4.78 is 4.96. The topological polar surface area (TPSA) is 127 Å². The van der Waals surface area contributed by atoms with Crippen molar-refractivity contribution >= 4 is 41.0 Å². The molecule has 2 aliphatic rings. The number of urea groups is 1. The van der Waals surface area contributed by atoms with Crippen LogP contribution in [0.25, 0.3) is 0 Å². The number of carbonyl (C=O) groups is 3. The van der Waals surface area contributed by atoms with E-state index in [0.717, 1.165) is 25.3 Å². The molecule has 0 aliphatic carbocycles. The molecule has 11 heteroatoms. The van der Waals surface area contributed by atoms with E-state index in [4.69, 9.17) is 4.74 Å². The van der Waals surface area contributed by atoms with Crippen molar-refractivity contribution in [2.45, 2.75) is 31.9 Å². The van der Waals surface area contributed by atoms with Gasteiger partial charge in [0.25, 0.3) is 0 Å². The Morgan fingerprint density at radius 3 is 2.49 bits per heavy atom. The molecule has 188 valence electrons. The van der Waals surface area contributed by atoms with Gasteiger partial charge in [-0.2, -0.15) is 5.26 Å². The summed E-state index contributed by atoms with van der Waals surface area (Å²) in [7, 11) is 0. The molecule has 3 N–H and O–H groups in total. The number of nitrogens with one attached hydrogen (secondary N) is 3. The van der Waals surface area contributed by atoms with E-state index in [1.165, 1.54) is 29.5 Å². The van der Waals surface area contributed by atoms with Crippen LogP contribution >= 0.6 is 11.8 Å². The molecule has 0 saturated carbocycles. The van der Waals surface area contributed by atoms with Crippen LogP contribution in [0, 0.1) is 11.3 Å². The third-order valence-corrected chi connectivity index (χ3v) is 7.01. The first kappa shape index (κ1) is 26.4. The van der Waals surface area contributed by atoms with Crippen molar-refractivity contribution in [2.75, 3.05) is 56.5 Å². The second-order valence-corrected chi connectivity index (χ2v) is 9.28. The van der Waals surface area contributed by atoms with Gasteiger partial charge in [0.2, 0.25) is 5.91 Å². The number of nitrogens with zero attached hydrogens (tertiary/aromatic N) is 3. The number of ether oxygens (including phenoxy) is 1. The summed E-state index contributed by atoms with van der Waals surface area (Å²) in [6.07, 6.45) is 2.45. The zero-order valence-electron chi connectivity index (χ0n) is 20.1. The minimum atomic E-state index is -0.722. The van der Waals surface area contributed by atoms with Crippen molar-refractivity contribution < 1.29 is 19.1 Å². The SMILES string of the molecule is CCOC(=O)/C(C#N)=C1\SC(CNc2ccc(NC(=O)NCCN3CCCC3)cc2)C(=O)N1CC. The monoisotopic (exact) mass is 500 g/mol. The van der Waals surface area contributed by atoms with Gasteiger partial charge in [-0.25, -0.2) is 9.59 Å². The van der Waals surface area contributed by atoms with Crippen LogP contribution < -0.4 is 16.0 Å². The number of esters is 1. The molecule has 2 fully saturated rings. The van der Waals surface area contributed by atoms with E-state index in [-0.39, 0.29) is 24.1 Å². The lowest BCUT2D eigenvalue weighted by atomic mass is 10.2. The lowest BCUT2D eigenvalue weighted by molar-refractivity contribution is -0.138. The van der Waals surface area contributed by atoms with Crippen LogP contribution in [0.2, 0.25) is 0 Å². The number of hydrogen-bond donors (Lipinski definition) is 3. The average molecular weight is 501 g/mol. The largest absolute Gasteiger partial charge is 0.462 e. The van der Waals surface area contributed by atoms with Crippen molar-refractivity contribution in [3.05, 3.63) is 34.9 Å². The molecular formula is C24H32N6O4S. The van der Waals surface area contributed by atoms with Crippen molar-refractivity contribution in [2.24, 2.45) is 0 Å². The first-order valence-corrected chi connectivity index (χ1v) is 12.7. The summed E-state index contributed by atoms with van der Waals surface area (Å²) in [6, 6.07) is 8.84. The van der Waals surface area contributed by atoms with Gasteiger partial charge in [-0.1, -0.05) is 11.8 Å². The lowest BCUT2D eigenvalue weighted by Crippen LogP contribution is -2.35. The number of amides is 3. The normalized spacial score (nSPS) is 19.3. The molecular weight excluding hydrogens is 468 g/mol. The van der Waals surface area contributed by atoms with Gasteiger partial charge in [0.15, 0.2) is 5.57 Å². The van der Waals surface area contributed by atoms with Gasteiger partial charge in [-0.15, -0.1) is 0 Å². The van der Waals surface area contributed by atoms with Gasteiger partial charge < -0.3 is 30.5 Å². The summed E-state index contributed by atoms with van der Waals surface area (Å²) >= 11 is 1.19. The van der Waals surface area contributed by atoms with E-state index in [2.05, 4.69) is 20.9 Å². The number of benzene rings is 1. The molecule has 1 atom stereocenters. The highest BCUT2D eigenvalue weighted by molar-refractivity contribution is 8.04. The molecule has 2 saturated heterocycles. The summed E-state index contributed by atoms with van der Waals surface area (Å²) in [5.41, 5.74) is 1.30. The number of carbonyl (C=O) groups excluding carboxylic acids is 3. The van der Waals surface area contributed by atoms with E-state index in [0.29, 0.717) is 30.4 Å². The van der Waals surface area contributed by atoms with E-state index >= 15 is 0 Å². The number of thioether (sulfide) groups is 1. The number of rotatable bonds is 10. The molecule has 2 aliphatic heterocycles. The molecule has 1 aromatic rings. The Labute approximate surface area is 210 Å². The molecule has 0 radical (unpaired) electrons. The van der Waals surface area contributed by atoms with E-state index in [9.17, 15) is 19.6 Å². The van der Waals surface area contributed by atoms with Crippen LogP contribution in [0.4, 0.5) is 16.2 Å². The molecule has 3 rings (SSSR count). The van der Waals surface area contributed by atoms with E-state index in [1.54, 1.807) is 26.0 Å². The van der Waals surface area contributed by atoms with Crippen LogP contribution in [0.5, 0.6) is 0 Å². The Morgan fingerprint density at radius 2 is 1.86 bits per heavy atom. The Balaban J connectivity index is 1.51. The molecule has 1 aromatic carbocycles. The van der Waals surface area contributed by atoms with E-state index < -0.39 is 11.2 Å². The highest BCUT2D eigenvalue weighted by Gasteiger charge is 2.39. The summed E-state index contributed by atoms with van der Waals surface area (Å²) in [5.74, 6) is -0.888. The van der Waals surface area contributed by atoms with Crippen LogP contribution in [0.1, 0.15) is 26.7 Å². The maximum absolute atomic E-state index is 12.8. The third kappa shape index (κ3) is 7.13. The van der Waals surface area contributed by atoms with Gasteiger partial charge in [-0.3, -0.25) is 4.79 Å². The fraction of sp³-hybridized carbons (Fsp3) is 0.500. The van der Waals surface area contributed by atoms with Crippen LogP contribution in [0.15, 0.2) is 34.9 Å². The van der Waals surface area contributed by atoms with Gasteiger partial charge in [0, 0.05) is 37.6 Å². The lowest BCUT2D eigenvalue weighted by Gasteiger charge is -2.16. The molecule has 0 spiro atoms. The van der Waals surface area contributed by atoms with Crippen molar-refractivity contribution in [1.29, 1.82) is 5.26 Å². The number of nitriles is 1. The van der Waals surface area contributed by atoms with Crippen molar-refractivity contribution in [1.82, 2.24) is 15.1 Å². The fourth-order valence-corrected chi connectivity index (χ4v) is 5.18. The number of hydrogen-bond acceptors (Lipinski definition) is 8. The van der Waals surface area contributed by atoms with Gasteiger partial charge in [0.1, 0.15) is 16.3 Å². The van der Waals surface area contributed by atoms with Crippen molar-refractivity contribution in [3.8, 4) is 6.07 Å². The summed E-state index contributed by atoms with van der Waals surface area (Å²) in [5, 5.41) is 18.2. The van der Waals surface area contributed by atoms with Crippen molar-refractivity contribution in [3.63, 3.8) is 0 Å². The molecule has 3 amide bonds. The first-order valence-electron chi connectivity index (χ1n) is 11.9. The molecule has 10 nitrogen and oxygen atoms in total. The minimum absolute atomic E-state index is 0.149. The van der Waals surface area contributed by atoms with Crippen LogP contribution in [-0.4, -0.2) is 78.8 Å². The predicted molar refractivity (Wildman–Crippen MR) is 136 cm³/mol. The Morgan fingerprint density at radius 1 is 1.17 bits per heavy atom. The second kappa shape index (κ2) is 13.0. The number of likely N-dealkylation sites (tertiary alicyclic amines) is 1. The molecule has 0 aromatic heterocycles. The Hall–Kier alpha value is -3.23. The number of anilines is 2. The molecule has 2 heterocycles. The van der Waals surface area contributed by atoms with Gasteiger partial charge in [-0.05, 0) is 64.0 Å². The van der Waals surface area contributed by atoms with Crippen LogP contribution in [0.3, 0.4) is 0 Å². The predicted octanol–water partition coefficient (Wildman–Crippen LogP) is 2.58. The fourth-order valence-electron chi connectivity index (χ4n) is 3.92. The van der Waals surface area contributed by atoms with Gasteiger partial charge >= 0.3 is 12.0 Å². The highest BCUT2D eigenvalue weighted by atomic mass is 32.2. The summed E-state index contributed by atoms with van der Waals surface area (Å²) in [4.78, 5) is 40.9. The zero-order valence-corrected chi connectivity index (χ0v) is 21.0. The maximum atomic E-state index is 12.8. The van der Waals surface area contributed by atoms with E-state index in [1.807, 2.05) is 18.2 Å². The minimum Gasteiger partial charge on any atom is -0.462 e.